The van der Waals surface area contributed by atoms with Gasteiger partial charge in [0.15, 0.2) is 0 Å². The molecule has 3 heteroatoms. The molecule has 1 aliphatic carbocycles. The van der Waals surface area contributed by atoms with Gasteiger partial charge in [-0.15, -0.1) is 0 Å². The van der Waals surface area contributed by atoms with Crippen LogP contribution < -0.4 is 0 Å². The van der Waals surface area contributed by atoms with Gasteiger partial charge in [-0.05, 0) is 0 Å². The molecule has 0 N–H and O–H groups in total. The van der Waals surface area contributed by atoms with E-state index in [0.717, 1.165) is 28.4 Å². The standard InChI is InChI=1S/C18H23IOS/c1-13-14-6-4-5-7-15(14)16(20)19(13)12-17(2)8-10-18(3,21)11-9-17/h4-7,21H,1,8-12H2,2-3H3. The van der Waals surface area contributed by atoms with E-state index in [-0.39, 0.29) is 4.75 Å². The van der Waals surface area contributed by atoms with Gasteiger partial charge in [-0.3, -0.25) is 0 Å². The van der Waals surface area contributed by atoms with E-state index < -0.39 is 19.8 Å². The number of rotatable bonds is 2. The zero-order valence-electron chi connectivity index (χ0n) is 12.8. The summed E-state index contributed by atoms with van der Waals surface area (Å²) in [7, 11) is 0. The number of carbonyl (C=O) groups excluding carboxylic acids is 1. The van der Waals surface area contributed by atoms with Crippen molar-refractivity contribution in [2.75, 3.05) is 4.43 Å². The van der Waals surface area contributed by atoms with Gasteiger partial charge in [0.2, 0.25) is 0 Å². The van der Waals surface area contributed by atoms with Gasteiger partial charge < -0.3 is 0 Å². The Kier molecular flexibility index (Phi) is 4.02. The van der Waals surface area contributed by atoms with Gasteiger partial charge in [-0.25, -0.2) is 0 Å². The molecule has 1 aromatic carbocycles. The molecule has 0 aromatic heterocycles. The number of fused-ring (bicyclic) bond motifs is 1. The van der Waals surface area contributed by atoms with Crippen molar-refractivity contribution in [2.45, 2.75) is 44.3 Å². The van der Waals surface area contributed by atoms with E-state index in [1.54, 1.807) is 0 Å². The zero-order chi connectivity index (χ0) is 15.3. The average molecular weight is 414 g/mol. The van der Waals surface area contributed by atoms with Gasteiger partial charge in [-0.1, -0.05) is 0 Å². The monoisotopic (exact) mass is 414 g/mol. The van der Waals surface area contributed by atoms with Crippen LogP contribution in [0.4, 0.5) is 0 Å². The third-order valence-electron chi connectivity index (χ3n) is 4.90. The molecule has 114 valence electrons. The fourth-order valence-electron chi connectivity index (χ4n) is 3.23. The molecule has 1 saturated carbocycles. The van der Waals surface area contributed by atoms with Crippen LogP contribution in [0.25, 0.3) is 3.58 Å². The molecule has 0 unspecified atom stereocenters. The van der Waals surface area contributed by atoms with E-state index in [1.807, 2.05) is 18.2 Å². The van der Waals surface area contributed by atoms with Gasteiger partial charge in [0.1, 0.15) is 0 Å². The molecule has 3 rings (SSSR count). The number of carbonyl (C=O) groups is 1. The van der Waals surface area contributed by atoms with Crippen LogP contribution in [0, 0.1) is 5.41 Å². The molecule has 0 amide bonds. The Morgan fingerprint density at radius 1 is 1.14 bits per heavy atom. The molecular formula is C18H23IOS. The topological polar surface area (TPSA) is 17.1 Å². The second-order valence-electron chi connectivity index (χ2n) is 7.03. The molecule has 1 nitrogen and oxygen atoms in total. The van der Waals surface area contributed by atoms with Crippen molar-refractivity contribution in [2.24, 2.45) is 5.41 Å². The summed E-state index contributed by atoms with van der Waals surface area (Å²) < 4.78 is 2.89. The maximum atomic E-state index is 12.7. The first-order chi connectivity index (χ1) is 9.81. The Labute approximate surface area is 140 Å². The first-order valence-electron chi connectivity index (χ1n) is 7.52. The normalized spacial score (nSPS) is 34.1. The van der Waals surface area contributed by atoms with Crippen molar-refractivity contribution in [3.63, 3.8) is 0 Å². The molecule has 1 aliphatic heterocycles. The summed E-state index contributed by atoms with van der Waals surface area (Å²) in [6.45, 7) is 8.90. The number of thiol groups is 1. The van der Waals surface area contributed by atoms with Gasteiger partial charge in [0.05, 0.1) is 0 Å². The summed E-state index contributed by atoms with van der Waals surface area (Å²) >= 11 is 2.95. The molecule has 1 aromatic rings. The second kappa shape index (κ2) is 5.41. The molecule has 2 aliphatic rings. The van der Waals surface area contributed by atoms with Gasteiger partial charge in [-0.2, -0.15) is 0 Å². The van der Waals surface area contributed by atoms with Crippen molar-refractivity contribution >= 4 is 39.8 Å². The summed E-state index contributed by atoms with van der Waals surface area (Å²) in [5.41, 5.74) is 2.38. The van der Waals surface area contributed by atoms with E-state index in [0.29, 0.717) is 9.20 Å². The minimum atomic E-state index is -1.80. The van der Waals surface area contributed by atoms with Crippen LogP contribution in [0.2, 0.25) is 0 Å². The summed E-state index contributed by atoms with van der Waals surface area (Å²) in [5.74, 6) is 0. The molecule has 21 heavy (non-hydrogen) atoms. The van der Waals surface area contributed by atoms with Crippen LogP contribution in [-0.2, 0) is 0 Å². The van der Waals surface area contributed by atoms with Crippen molar-refractivity contribution < 1.29 is 4.79 Å². The summed E-state index contributed by atoms with van der Waals surface area (Å²) in [6, 6.07) is 8.04. The van der Waals surface area contributed by atoms with Crippen LogP contribution in [0.5, 0.6) is 0 Å². The molecule has 0 saturated heterocycles. The van der Waals surface area contributed by atoms with E-state index >= 15 is 0 Å². The Morgan fingerprint density at radius 3 is 2.29 bits per heavy atom. The first-order valence-corrected chi connectivity index (χ1v) is 11.7. The molecule has 0 spiro atoms. The van der Waals surface area contributed by atoms with Crippen LogP contribution in [0.15, 0.2) is 30.8 Å². The van der Waals surface area contributed by atoms with Crippen LogP contribution in [0.1, 0.15) is 55.5 Å². The summed E-state index contributed by atoms with van der Waals surface area (Å²) in [6.07, 6.45) is 4.70. The van der Waals surface area contributed by atoms with E-state index in [4.69, 9.17) is 12.6 Å². The number of hydrogen-bond acceptors (Lipinski definition) is 2. The van der Waals surface area contributed by atoms with Crippen molar-refractivity contribution in [3.05, 3.63) is 42.0 Å². The third-order valence-corrected chi connectivity index (χ3v) is 11.9. The molecule has 0 atom stereocenters. The van der Waals surface area contributed by atoms with Crippen molar-refractivity contribution in [1.29, 1.82) is 0 Å². The van der Waals surface area contributed by atoms with Crippen molar-refractivity contribution in [1.82, 2.24) is 0 Å². The Morgan fingerprint density at radius 2 is 1.71 bits per heavy atom. The SMILES string of the molecule is C=C1c2ccccc2C(=O)I1CC1(C)CCC(C)(S)CC1. The first kappa shape index (κ1) is 15.6. The third kappa shape index (κ3) is 2.96. The van der Waals surface area contributed by atoms with Crippen LogP contribution in [0.3, 0.4) is 0 Å². The Hall–Kier alpha value is -0.290. The molecule has 0 radical (unpaired) electrons. The molecule has 1 fully saturated rings. The fraction of sp³-hybridized carbons (Fsp3) is 0.500. The Bertz CT molecular complexity index is 560. The zero-order valence-corrected chi connectivity index (χ0v) is 15.8. The molecule has 1 heterocycles. The number of alkyl halides is 1. The quantitative estimate of drug-likeness (QED) is 0.289. The van der Waals surface area contributed by atoms with Crippen LogP contribution in [-0.4, -0.2) is 13.0 Å². The summed E-state index contributed by atoms with van der Waals surface area (Å²) in [4.78, 5) is 12.7. The molecular weight excluding hydrogens is 391 g/mol. The minimum absolute atomic E-state index is 0.183. The molecule has 0 bridgehead atoms. The number of benzene rings is 1. The maximum absolute atomic E-state index is 12.7. The number of halogens is 1. The number of hydrogen-bond donors (Lipinski definition) is 1. The van der Waals surface area contributed by atoms with Gasteiger partial charge in [0, 0.05) is 0 Å². The predicted octanol–water partition coefficient (Wildman–Crippen LogP) is 5.59. The van der Waals surface area contributed by atoms with Crippen molar-refractivity contribution in [3.8, 4) is 0 Å². The summed E-state index contributed by atoms with van der Waals surface area (Å²) in [5, 5.41) is 0. The van der Waals surface area contributed by atoms with E-state index in [1.165, 1.54) is 16.4 Å². The van der Waals surface area contributed by atoms with E-state index in [9.17, 15) is 4.79 Å². The fourth-order valence-corrected chi connectivity index (χ4v) is 9.80. The second-order valence-corrected chi connectivity index (χ2v) is 13.2. The Balaban J connectivity index is 1.78. The van der Waals surface area contributed by atoms with E-state index in [2.05, 4.69) is 26.5 Å². The van der Waals surface area contributed by atoms with Crippen LogP contribution >= 0.6 is 32.4 Å². The average Bonchev–Trinajstić information content (AvgIpc) is 2.69. The predicted molar refractivity (Wildman–Crippen MR) is 103 cm³/mol. The van der Waals surface area contributed by atoms with Gasteiger partial charge in [0.25, 0.3) is 0 Å². The van der Waals surface area contributed by atoms with Gasteiger partial charge >= 0.3 is 141 Å².